The Morgan fingerprint density at radius 3 is 2.24 bits per heavy atom. The molecule has 0 unspecified atom stereocenters. The first kappa shape index (κ1) is 13.4. The van der Waals surface area contributed by atoms with E-state index in [4.69, 9.17) is 17.3 Å². The Morgan fingerprint density at radius 2 is 1.71 bits per heavy atom. The van der Waals surface area contributed by atoms with Crippen molar-refractivity contribution >= 4 is 23.2 Å². The third kappa shape index (κ3) is 2.32. The van der Waals surface area contributed by atoms with Crippen molar-refractivity contribution in [1.82, 2.24) is 5.32 Å². The van der Waals surface area contributed by atoms with E-state index in [0.717, 1.165) is 37.0 Å². The van der Waals surface area contributed by atoms with Crippen molar-refractivity contribution in [2.75, 3.05) is 5.73 Å². The summed E-state index contributed by atoms with van der Waals surface area (Å²) in [4.78, 5) is 12.6. The molecule has 4 saturated carbocycles. The summed E-state index contributed by atoms with van der Waals surface area (Å²) in [7, 11) is 0. The summed E-state index contributed by atoms with van der Waals surface area (Å²) in [6.45, 7) is 0. The van der Waals surface area contributed by atoms with E-state index < -0.39 is 0 Å². The summed E-state index contributed by atoms with van der Waals surface area (Å²) in [5.74, 6) is 2.41. The Morgan fingerprint density at radius 1 is 1.14 bits per heavy atom. The van der Waals surface area contributed by atoms with Gasteiger partial charge >= 0.3 is 0 Å². The summed E-state index contributed by atoms with van der Waals surface area (Å²) >= 11 is 6.17. The second-order valence-corrected chi connectivity index (χ2v) is 7.80. The van der Waals surface area contributed by atoms with Gasteiger partial charge in [0.05, 0.1) is 10.6 Å². The molecule has 0 saturated heterocycles. The second kappa shape index (κ2) is 4.64. The molecule has 1 aromatic carbocycles. The van der Waals surface area contributed by atoms with E-state index in [9.17, 15) is 4.79 Å². The van der Waals surface area contributed by atoms with Gasteiger partial charge in [0.25, 0.3) is 5.91 Å². The number of carbonyl (C=O) groups excluding carboxylic acids is 1. The second-order valence-electron chi connectivity index (χ2n) is 7.39. The molecule has 1 amide bonds. The van der Waals surface area contributed by atoms with Crippen molar-refractivity contribution in [2.45, 2.75) is 44.1 Å². The first-order chi connectivity index (χ1) is 10.0. The number of halogens is 1. The van der Waals surface area contributed by atoms with E-state index in [1.54, 1.807) is 18.2 Å². The lowest BCUT2D eigenvalue weighted by atomic mass is 9.53. The minimum absolute atomic E-state index is 0.0244. The zero-order chi connectivity index (χ0) is 14.6. The van der Waals surface area contributed by atoms with Crippen molar-refractivity contribution < 1.29 is 4.79 Å². The van der Waals surface area contributed by atoms with Gasteiger partial charge in [-0.2, -0.15) is 0 Å². The average Bonchev–Trinajstić information content (AvgIpc) is 2.35. The molecule has 3 nitrogen and oxygen atoms in total. The van der Waals surface area contributed by atoms with E-state index >= 15 is 0 Å². The average molecular weight is 305 g/mol. The highest BCUT2D eigenvalue weighted by Gasteiger charge is 2.51. The highest BCUT2D eigenvalue weighted by atomic mass is 35.5. The maximum Gasteiger partial charge on any atom is 0.253 e. The number of hydrogen-bond acceptors (Lipinski definition) is 2. The van der Waals surface area contributed by atoms with Crippen LogP contribution in [0.1, 0.15) is 48.9 Å². The number of rotatable bonds is 2. The van der Waals surface area contributed by atoms with Gasteiger partial charge in [0.1, 0.15) is 0 Å². The number of hydrogen-bond donors (Lipinski definition) is 2. The van der Waals surface area contributed by atoms with E-state index in [-0.39, 0.29) is 11.4 Å². The number of amides is 1. The summed E-state index contributed by atoms with van der Waals surface area (Å²) in [5, 5.41) is 3.78. The zero-order valence-electron chi connectivity index (χ0n) is 12.1. The fraction of sp³-hybridized carbons (Fsp3) is 0.588. The first-order valence-corrected chi connectivity index (χ1v) is 8.28. The highest BCUT2D eigenvalue weighted by molar-refractivity contribution is 6.34. The molecular formula is C17H21ClN2O. The van der Waals surface area contributed by atoms with Gasteiger partial charge in [0.2, 0.25) is 0 Å². The molecular weight excluding hydrogens is 284 g/mol. The lowest BCUT2D eigenvalue weighted by Crippen LogP contribution is -2.59. The topological polar surface area (TPSA) is 55.1 Å². The number of nitrogen functional groups attached to an aromatic ring is 1. The largest absolute Gasteiger partial charge is 0.399 e. The summed E-state index contributed by atoms with van der Waals surface area (Å²) in [5.41, 5.74) is 6.86. The van der Waals surface area contributed by atoms with Crippen LogP contribution in [-0.4, -0.2) is 11.4 Å². The van der Waals surface area contributed by atoms with Gasteiger partial charge in [0, 0.05) is 11.2 Å². The monoisotopic (exact) mass is 304 g/mol. The standard InChI is InChI=1S/C17H21ClN2O/c18-15-6-13(19)1-2-14(15)16(21)20-17-7-10-3-11(8-17)5-12(4-10)9-17/h1-2,6,10-12H,3-5,7-9,19H2,(H,20,21). The van der Waals surface area contributed by atoms with Crippen LogP contribution in [0.15, 0.2) is 18.2 Å². The van der Waals surface area contributed by atoms with Gasteiger partial charge in [0.15, 0.2) is 0 Å². The fourth-order valence-corrected chi connectivity index (χ4v) is 5.56. The first-order valence-electron chi connectivity index (χ1n) is 7.90. The summed E-state index contributed by atoms with van der Waals surface area (Å²) in [6, 6.07) is 5.12. The number of anilines is 1. The molecule has 4 aliphatic carbocycles. The SMILES string of the molecule is Nc1ccc(C(=O)NC23CC4CC(CC(C4)C2)C3)c(Cl)c1. The van der Waals surface area contributed by atoms with E-state index in [0.29, 0.717) is 16.3 Å². The Labute approximate surface area is 130 Å². The van der Waals surface area contributed by atoms with Crippen molar-refractivity contribution in [3.8, 4) is 0 Å². The molecule has 4 bridgehead atoms. The number of carbonyl (C=O) groups is 1. The smallest absolute Gasteiger partial charge is 0.253 e. The molecule has 3 N–H and O–H groups in total. The minimum Gasteiger partial charge on any atom is -0.399 e. The van der Waals surface area contributed by atoms with Gasteiger partial charge in [-0.15, -0.1) is 0 Å². The van der Waals surface area contributed by atoms with Crippen LogP contribution in [0.3, 0.4) is 0 Å². The molecule has 0 heterocycles. The maximum atomic E-state index is 12.6. The number of nitrogens with two attached hydrogens (primary N) is 1. The van der Waals surface area contributed by atoms with Crippen molar-refractivity contribution in [1.29, 1.82) is 0 Å². The molecule has 4 aliphatic rings. The molecule has 4 fully saturated rings. The Bertz CT molecular complexity index is 563. The molecule has 21 heavy (non-hydrogen) atoms. The summed E-state index contributed by atoms with van der Waals surface area (Å²) < 4.78 is 0. The summed E-state index contributed by atoms with van der Waals surface area (Å²) in [6.07, 6.45) is 7.57. The van der Waals surface area contributed by atoms with Crippen LogP contribution in [0.2, 0.25) is 5.02 Å². The lowest BCUT2D eigenvalue weighted by molar-refractivity contribution is -0.0166. The molecule has 112 valence electrons. The van der Waals surface area contributed by atoms with Crippen LogP contribution >= 0.6 is 11.6 Å². The maximum absolute atomic E-state index is 12.6. The molecule has 0 radical (unpaired) electrons. The predicted octanol–water partition coefficient (Wildman–Crippen LogP) is 3.62. The van der Waals surface area contributed by atoms with Crippen LogP contribution < -0.4 is 11.1 Å². The van der Waals surface area contributed by atoms with Gasteiger partial charge in [-0.05, 0) is 74.5 Å². The Hall–Kier alpha value is -1.22. The molecule has 0 aliphatic heterocycles. The van der Waals surface area contributed by atoms with Crippen LogP contribution in [0.4, 0.5) is 5.69 Å². The van der Waals surface area contributed by atoms with Gasteiger partial charge < -0.3 is 11.1 Å². The van der Waals surface area contributed by atoms with Crippen LogP contribution in [0, 0.1) is 17.8 Å². The zero-order valence-corrected chi connectivity index (χ0v) is 12.8. The number of nitrogens with one attached hydrogen (secondary N) is 1. The van der Waals surface area contributed by atoms with Gasteiger partial charge in [-0.3, -0.25) is 4.79 Å². The van der Waals surface area contributed by atoms with Gasteiger partial charge in [-0.1, -0.05) is 11.6 Å². The van der Waals surface area contributed by atoms with Crippen LogP contribution in [0.5, 0.6) is 0 Å². The molecule has 0 aromatic heterocycles. The predicted molar refractivity (Wildman–Crippen MR) is 84.2 cm³/mol. The minimum atomic E-state index is -0.0399. The van der Waals surface area contributed by atoms with Crippen molar-refractivity contribution in [3.05, 3.63) is 28.8 Å². The molecule has 1 aromatic rings. The van der Waals surface area contributed by atoms with Crippen molar-refractivity contribution in [3.63, 3.8) is 0 Å². The van der Waals surface area contributed by atoms with E-state index in [1.165, 1.54) is 19.3 Å². The number of benzene rings is 1. The quantitative estimate of drug-likeness (QED) is 0.820. The highest BCUT2D eigenvalue weighted by Crippen LogP contribution is 2.55. The lowest BCUT2D eigenvalue weighted by Gasteiger charge is -2.56. The molecule has 4 heteroatoms. The third-order valence-electron chi connectivity index (χ3n) is 5.65. The van der Waals surface area contributed by atoms with Crippen LogP contribution in [0.25, 0.3) is 0 Å². The molecule has 0 atom stereocenters. The Balaban J connectivity index is 1.57. The van der Waals surface area contributed by atoms with E-state index in [1.807, 2.05) is 0 Å². The fourth-order valence-electron chi connectivity index (χ4n) is 5.29. The van der Waals surface area contributed by atoms with Crippen LogP contribution in [-0.2, 0) is 0 Å². The third-order valence-corrected chi connectivity index (χ3v) is 5.97. The van der Waals surface area contributed by atoms with Crippen molar-refractivity contribution in [2.24, 2.45) is 17.8 Å². The van der Waals surface area contributed by atoms with E-state index in [2.05, 4.69) is 5.32 Å². The normalized spacial score (nSPS) is 36.7. The van der Waals surface area contributed by atoms with Gasteiger partial charge in [-0.25, -0.2) is 0 Å². The Kier molecular flexibility index (Phi) is 2.97. The molecule has 0 spiro atoms. The molecule has 5 rings (SSSR count).